The first-order valence-electron chi connectivity index (χ1n) is 6.19. The average molecular weight is 289 g/mol. The molecule has 1 aromatic heterocycles. The fourth-order valence-corrected chi connectivity index (χ4v) is 2.44. The topological polar surface area (TPSA) is 81.9 Å². The van der Waals surface area contributed by atoms with Crippen LogP contribution in [0, 0.1) is 11.7 Å². The molecule has 3 rings (SSSR count). The number of tetrazole rings is 1. The number of anilines is 1. The van der Waals surface area contributed by atoms with E-state index < -0.39 is 23.7 Å². The number of nitrogens with zero attached hydrogens (tertiary/aromatic N) is 4. The molecule has 0 aliphatic carbocycles. The van der Waals surface area contributed by atoms with Crippen molar-refractivity contribution in [1.29, 1.82) is 0 Å². The monoisotopic (exact) mass is 289 g/mol. The van der Waals surface area contributed by atoms with E-state index in [2.05, 4.69) is 27.4 Å². The third-order valence-electron chi connectivity index (χ3n) is 3.37. The number of hydrogen-bond acceptors (Lipinski definition) is 6. The fourth-order valence-electron chi connectivity index (χ4n) is 2.44. The van der Waals surface area contributed by atoms with Gasteiger partial charge in [0.05, 0.1) is 7.11 Å². The molecule has 0 saturated heterocycles. The van der Waals surface area contributed by atoms with Gasteiger partial charge in [-0.1, -0.05) is 23.8 Å². The van der Waals surface area contributed by atoms with Crippen molar-refractivity contribution in [2.75, 3.05) is 12.4 Å². The second kappa shape index (κ2) is 4.97. The van der Waals surface area contributed by atoms with Crippen LogP contribution in [0.3, 0.4) is 0 Å². The minimum atomic E-state index is -0.757. The van der Waals surface area contributed by atoms with Gasteiger partial charge in [0.2, 0.25) is 5.95 Å². The lowest BCUT2D eigenvalue weighted by Crippen LogP contribution is -2.37. The first-order chi connectivity index (χ1) is 10.1. The number of carbonyl (C=O) groups is 1. The number of fused-ring (bicyclic) bond motifs is 1. The number of halogens is 1. The molecule has 1 aliphatic rings. The molecule has 21 heavy (non-hydrogen) atoms. The molecule has 1 N–H and O–H groups in total. The molecule has 7 nitrogen and oxygen atoms in total. The quantitative estimate of drug-likeness (QED) is 0.835. The first kappa shape index (κ1) is 13.2. The summed E-state index contributed by atoms with van der Waals surface area (Å²) >= 11 is 0. The highest BCUT2D eigenvalue weighted by Crippen LogP contribution is 2.37. The number of hydrogen-bond donors (Lipinski definition) is 1. The molecule has 1 aromatic carbocycles. The number of carbonyl (C=O) groups excluding carboxylic acids is 1. The maximum atomic E-state index is 13.5. The Morgan fingerprint density at radius 1 is 1.52 bits per heavy atom. The third kappa shape index (κ3) is 2.14. The molecule has 1 aliphatic heterocycles. The largest absolute Gasteiger partial charge is 0.468 e. The van der Waals surface area contributed by atoms with Gasteiger partial charge in [-0.15, -0.1) is 0 Å². The normalized spacial score (nSPS) is 20.6. The summed E-state index contributed by atoms with van der Waals surface area (Å²) in [6.07, 6.45) is 0. The van der Waals surface area contributed by atoms with Gasteiger partial charge in [0.1, 0.15) is 17.8 Å². The molecule has 0 amide bonds. The summed E-state index contributed by atoms with van der Waals surface area (Å²) in [5.41, 5.74) is 0.958. The van der Waals surface area contributed by atoms with Crippen molar-refractivity contribution in [2.24, 2.45) is 5.92 Å². The van der Waals surface area contributed by atoms with Crippen LogP contribution in [0.25, 0.3) is 0 Å². The van der Waals surface area contributed by atoms with Crippen LogP contribution in [0.1, 0.15) is 11.6 Å². The fraction of sp³-hybridized carbons (Fsp3) is 0.231. The summed E-state index contributed by atoms with van der Waals surface area (Å²) < 4.78 is 19.8. The van der Waals surface area contributed by atoms with Crippen LogP contribution in [-0.2, 0) is 9.53 Å². The van der Waals surface area contributed by atoms with Crippen molar-refractivity contribution < 1.29 is 13.9 Å². The SMILES string of the molecule is C=C1Nc2nnnn2[C@H](c2cccc(F)c2)[C@@H]1C(=O)OC. The number of rotatable bonds is 2. The Labute approximate surface area is 119 Å². The van der Waals surface area contributed by atoms with Gasteiger partial charge in [0.25, 0.3) is 0 Å². The van der Waals surface area contributed by atoms with Crippen molar-refractivity contribution in [2.45, 2.75) is 6.04 Å². The van der Waals surface area contributed by atoms with E-state index in [0.717, 1.165) is 0 Å². The van der Waals surface area contributed by atoms with Gasteiger partial charge in [0.15, 0.2) is 0 Å². The predicted molar refractivity (Wildman–Crippen MR) is 70.6 cm³/mol. The Morgan fingerprint density at radius 2 is 2.33 bits per heavy atom. The van der Waals surface area contributed by atoms with Gasteiger partial charge >= 0.3 is 5.97 Å². The molecular weight excluding hydrogens is 277 g/mol. The van der Waals surface area contributed by atoms with Crippen LogP contribution in [-0.4, -0.2) is 33.3 Å². The Kier molecular flexibility index (Phi) is 3.13. The first-order valence-corrected chi connectivity index (χ1v) is 6.19. The Hall–Kier alpha value is -2.77. The Balaban J connectivity index is 2.16. The summed E-state index contributed by atoms with van der Waals surface area (Å²) in [5, 5.41) is 14.1. The van der Waals surface area contributed by atoms with E-state index in [-0.39, 0.29) is 0 Å². The summed E-state index contributed by atoms with van der Waals surface area (Å²) in [6, 6.07) is 5.31. The van der Waals surface area contributed by atoms with Crippen LogP contribution >= 0.6 is 0 Å². The lowest BCUT2D eigenvalue weighted by atomic mass is 9.89. The molecule has 2 aromatic rings. The van der Waals surface area contributed by atoms with Crippen LogP contribution in [0.5, 0.6) is 0 Å². The second-order valence-corrected chi connectivity index (χ2v) is 4.60. The number of aromatic nitrogens is 4. The summed E-state index contributed by atoms with van der Waals surface area (Å²) in [7, 11) is 1.29. The predicted octanol–water partition coefficient (Wildman–Crippen LogP) is 1.13. The number of nitrogens with one attached hydrogen (secondary N) is 1. The van der Waals surface area contributed by atoms with Crippen molar-refractivity contribution in [3.8, 4) is 0 Å². The number of ether oxygens (including phenoxy) is 1. The Morgan fingerprint density at radius 3 is 3.05 bits per heavy atom. The van der Waals surface area contributed by atoms with Crippen LogP contribution < -0.4 is 5.32 Å². The summed E-state index contributed by atoms with van der Waals surface area (Å²) in [5.74, 6) is -1.32. The molecule has 0 spiro atoms. The van der Waals surface area contributed by atoms with Crippen molar-refractivity contribution in [3.05, 3.63) is 47.9 Å². The Bertz CT molecular complexity index is 714. The molecule has 0 unspecified atom stereocenters. The zero-order valence-corrected chi connectivity index (χ0v) is 11.2. The van der Waals surface area contributed by atoms with Gasteiger partial charge in [-0.2, -0.15) is 0 Å². The van der Waals surface area contributed by atoms with E-state index in [4.69, 9.17) is 4.74 Å². The van der Waals surface area contributed by atoms with Crippen molar-refractivity contribution >= 4 is 11.9 Å². The van der Waals surface area contributed by atoms with Crippen LogP contribution in [0.2, 0.25) is 0 Å². The zero-order valence-electron chi connectivity index (χ0n) is 11.2. The maximum absolute atomic E-state index is 13.5. The molecule has 2 heterocycles. The van der Waals surface area contributed by atoms with Crippen molar-refractivity contribution in [3.63, 3.8) is 0 Å². The highest BCUT2D eigenvalue weighted by molar-refractivity contribution is 5.78. The van der Waals surface area contributed by atoms with E-state index in [0.29, 0.717) is 17.2 Å². The number of esters is 1. The van der Waals surface area contributed by atoms with Crippen molar-refractivity contribution in [1.82, 2.24) is 20.2 Å². The van der Waals surface area contributed by atoms with Crippen LogP contribution in [0.15, 0.2) is 36.5 Å². The molecule has 0 radical (unpaired) electrons. The average Bonchev–Trinajstić information content (AvgIpc) is 2.92. The molecule has 0 fully saturated rings. The van der Waals surface area contributed by atoms with E-state index in [1.54, 1.807) is 12.1 Å². The standard InChI is InChI=1S/C13H12FN5O2/c1-7-10(12(20)21-2)11(8-4-3-5-9(14)6-8)19-13(15-7)16-17-18-19/h3-6,10-11H,1H2,2H3,(H,15,16,18)/t10-,11-/m1/s1. The van der Waals surface area contributed by atoms with E-state index in [1.807, 2.05) is 0 Å². The molecule has 2 atom stereocenters. The molecule has 0 bridgehead atoms. The lowest BCUT2D eigenvalue weighted by Gasteiger charge is -2.32. The molecule has 8 heteroatoms. The summed E-state index contributed by atoms with van der Waals surface area (Å²) in [4.78, 5) is 12.1. The minimum absolute atomic E-state index is 0.342. The van der Waals surface area contributed by atoms with E-state index in [9.17, 15) is 9.18 Å². The van der Waals surface area contributed by atoms with Gasteiger partial charge in [0, 0.05) is 5.70 Å². The van der Waals surface area contributed by atoms with Gasteiger partial charge < -0.3 is 10.1 Å². The second-order valence-electron chi connectivity index (χ2n) is 4.60. The minimum Gasteiger partial charge on any atom is -0.468 e. The van der Waals surface area contributed by atoms with Gasteiger partial charge in [-0.25, -0.2) is 9.07 Å². The molecule has 0 saturated carbocycles. The molecular formula is C13H12FN5O2. The van der Waals surface area contributed by atoms with Crippen LogP contribution in [0.4, 0.5) is 10.3 Å². The number of benzene rings is 1. The third-order valence-corrected chi connectivity index (χ3v) is 3.37. The summed E-state index contributed by atoms with van der Waals surface area (Å²) in [6.45, 7) is 3.83. The smallest absolute Gasteiger partial charge is 0.317 e. The highest BCUT2D eigenvalue weighted by atomic mass is 19.1. The maximum Gasteiger partial charge on any atom is 0.317 e. The van der Waals surface area contributed by atoms with E-state index >= 15 is 0 Å². The van der Waals surface area contributed by atoms with E-state index in [1.165, 1.54) is 23.9 Å². The number of methoxy groups -OCH3 is 1. The van der Waals surface area contributed by atoms with Gasteiger partial charge in [-0.3, -0.25) is 4.79 Å². The zero-order chi connectivity index (χ0) is 15.0. The highest BCUT2D eigenvalue weighted by Gasteiger charge is 2.40. The van der Waals surface area contributed by atoms with Gasteiger partial charge in [-0.05, 0) is 28.1 Å². The lowest BCUT2D eigenvalue weighted by molar-refractivity contribution is -0.145. The molecule has 108 valence electrons.